The second kappa shape index (κ2) is 9.98. The van der Waals surface area contributed by atoms with Gasteiger partial charge in [0.15, 0.2) is 5.16 Å². The highest BCUT2D eigenvalue weighted by Crippen LogP contribution is 2.22. The standard InChI is InChI=1S/C18H25N7O2S/c1-4-19-15-21-16(20-5-2)25-17(22-15)23-24-18(25)28-12-11-27-14-9-7-13(8-10-14)26-6-3/h7-10H,4-6,11-12H2,1-3H3,(H2,19,20,21,22,23). The van der Waals surface area contributed by atoms with Gasteiger partial charge in [-0.3, -0.25) is 0 Å². The minimum atomic E-state index is 0.511. The van der Waals surface area contributed by atoms with Crippen molar-refractivity contribution in [2.24, 2.45) is 0 Å². The predicted octanol–water partition coefficient (Wildman–Crippen LogP) is 2.95. The molecule has 3 rings (SSSR count). The highest BCUT2D eigenvalue weighted by molar-refractivity contribution is 7.99. The minimum absolute atomic E-state index is 0.511. The average molecular weight is 404 g/mol. The fraction of sp³-hybridized carbons (Fsp3) is 0.444. The maximum atomic E-state index is 5.79. The molecule has 0 aliphatic heterocycles. The smallest absolute Gasteiger partial charge is 0.261 e. The highest BCUT2D eigenvalue weighted by atomic mass is 32.2. The van der Waals surface area contributed by atoms with Gasteiger partial charge in [0, 0.05) is 18.8 Å². The Hall–Kier alpha value is -2.75. The van der Waals surface area contributed by atoms with E-state index in [-0.39, 0.29) is 0 Å². The number of hydrogen-bond acceptors (Lipinski definition) is 9. The molecule has 0 spiro atoms. The SMILES string of the molecule is CCNc1nc(NCC)n2c(SCCOc3ccc(OCC)cc3)nnc2n1. The van der Waals surface area contributed by atoms with Crippen LogP contribution in [0.5, 0.6) is 11.5 Å². The van der Waals surface area contributed by atoms with Crippen molar-refractivity contribution in [1.29, 1.82) is 0 Å². The van der Waals surface area contributed by atoms with Gasteiger partial charge in [-0.2, -0.15) is 9.97 Å². The molecule has 2 N–H and O–H groups in total. The minimum Gasteiger partial charge on any atom is -0.494 e. The lowest BCUT2D eigenvalue weighted by molar-refractivity contribution is 0.332. The predicted molar refractivity (Wildman–Crippen MR) is 111 cm³/mol. The van der Waals surface area contributed by atoms with E-state index in [0.717, 1.165) is 29.7 Å². The maximum Gasteiger partial charge on any atom is 0.261 e. The molecule has 1 aromatic carbocycles. The van der Waals surface area contributed by atoms with Crippen LogP contribution in [-0.4, -0.2) is 56.6 Å². The molecule has 9 nitrogen and oxygen atoms in total. The number of anilines is 2. The van der Waals surface area contributed by atoms with E-state index in [0.29, 0.717) is 36.6 Å². The normalized spacial score (nSPS) is 10.8. The number of thioether (sulfide) groups is 1. The molecule has 3 aromatic rings. The third-order valence-electron chi connectivity index (χ3n) is 3.63. The first-order valence-corrected chi connectivity index (χ1v) is 10.3. The van der Waals surface area contributed by atoms with Crippen LogP contribution in [0.1, 0.15) is 20.8 Å². The number of hydrogen-bond donors (Lipinski definition) is 2. The molecule has 0 bridgehead atoms. The molecule has 0 aliphatic carbocycles. The van der Waals surface area contributed by atoms with Crippen molar-refractivity contribution >= 4 is 29.4 Å². The van der Waals surface area contributed by atoms with Crippen molar-refractivity contribution in [3.05, 3.63) is 24.3 Å². The van der Waals surface area contributed by atoms with Crippen molar-refractivity contribution in [1.82, 2.24) is 24.6 Å². The van der Waals surface area contributed by atoms with E-state index < -0.39 is 0 Å². The van der Waals surface area contributed by atoms with E-state index >= 15 is 0 Å². The molecule has 0 aliphatic rings. The molecule has 150 valence electrons. The van der Waals surface area contributed by atoms with E-state index in [9.17, 15) is 0 Å². The van der Waals surface area contributed by atoms with Gasteiger partial charge in [-0.15, -0.1) is 10.2 Å². The molecule has 2 heterocycles. The van der Waals surface area contributed by atoms with Crippen LogP contribution in [0.2, 0.25) is 0 Å². The molecule has 0 unspecified atom stereocenters. The molecular formula is C18H25N7O2S. The summed E-state index contributed by atoms with van der Waals surface area (Å²) in [5.41, 5.74) is 0. The van der Waals surface area contributed by atoms with Crippen LogP contribution >= 0.6 is 11.8 Å². The number of nitrogens with zero attached hydrogens (tertiary/aromatic N) is 5. The number of rotatable bonds is 11. The summed E-state index contributed by atoms with van der Waals surface area (Å²) >= 11 is 1.55. The van der Waals surface area contributed by atoms with E-state index in [4.69, 9.17) is 9.47 Å². The third-order valence-corrected chi connectivity index (χ3v) is 4.53. The Morgan fingerprint density at radius 2 is 1.64 bits per heavy atom. The van der Waals surface area contributed by atoms with Gasteiger partial charge in [0.25, 0.3) is 5.78 Å². The molecule has 0 amide bonds. The monoisotopic (exact) mass is 403 g/mol. The van der Waals surface area contributed by atoms with Crippen LogP contribution < -0.4 is 20.1 Å². The first-order valence-electron chi connectivity index (χ1n) is 9.34. The number of nitrogens with one attached hydrogen (secondary N) is 2. The molecule has 10 heteroatoms. The first-order chi connectivity index (χ1) is 13.7. The average Bonchev–Trinajstić information content (AvgIpc) is 3.10. The number of fused-ring (bicyclic) bond motifs is 1. The Morgan fingerprint density at radius 3 is 2.32 bits per heavy atom. The molecule has 28 heavy (non-hydrogen) atoms. The van der Waals surface area contributed by atoms with Crippen molar-refractivity contribution in [2.45, 2.75) is 25.9 Å². The first kappa shape index (κ1) is 20.0. The lowest BCUT2D eigenvalue weighted by Gasteiger charge is -2.10. The van der Waals surface area contributed by atoms with Gasteiger partial charge in [-0.25, -0.2) is 4.40 Å². The van der Waals surface area contributed by atoms with Gasteiger partial charge in [0.1, 0.15) is 11.5 Å². The van der Waals surface area contributed by atoms with Crippen LogP contribution in [0.3, 0.4) is 0 Å². The Labute approximate surface area is 168 Å². The van der Waals surface area contributed by atoms with Crippen LogP contribution in [0.4, 0.5) is 11.9 Å². The molecule has 0 saturated carbocycles. The van der Waals surface area contributed by atoms with E-state index in [1.165, 1.54) is 0 Å². The number of ether oxygens (including phenoxy) is 2. The zero-order valence-corrected chi connectivity index (χ0v) is 17.1. The number of aromatic nitrogens is 5. The lowest BCUT2D eigenvalue weighted by Crippen LogP contribution is -2.11. The van der Waals surface area contributed by atoms with Gasteiger partial charge < -0.3 is 20.1 Å². The largest absolute Gasteiger partial charge is 0.494 e. The fourth-order valence-corrected chi connectivity index (χ4v) is 3.23. The summed E-state index contributed by atoms with van der Waals surface area (Å²) in [5.74, 6) is 4.08. The summed E-state index contributed by atoms with van der Waals surface area (Å²) < 4.78 is 13.0. The van der Waals surface area contributed by atoms with E-state index in [2.05, 4.69) is 30.8 Å². The molecule has 0 radical (unpaired) electrons. The zero-order valence-electron chi connectivity index (χ0n) is 16.3. The van der Waals surface area contributed by atoms with Gasteiger partial charge in [-0.05, 0) is 45.0 Å². The highest BCUT2D eigenvalue weighted by Gasteiger charge is 2.14. The molecular weight excluding hydrogens is 378 g/mol. The summed E-state index contributed by atoms with van der Waals surface area (Å²) in [6.07, 6.45) is 0. The second-order valence-electron chi connectivity index (χ2n) is 5.65. The molecule has 0 saturated heterocycles. The zero-order chi connectivity index (χ0) is 19.8. The van der Waals surface area contributed by atoms with Crippen LogP contribution in [0.15, 0.2) is 29.4 Å². The van der Waals surface area contributed by atoms with Crippen molar-refractivity contribution in [3.63, 3.8) is 0 Å². The Bertz CT molecular complexity index is 886. The second-order valence-corrected chi connectivity index (χ2v) is 6.71. The summed E-state index contributed by atoms with van der Waals surface area (Å²) in [4.78, 5) is 8.90. The van der Waals surface area contributed by atoms with Crippen molar-refractivity contribution in [3.8, 4) is 11.5 Å². The summed E-state index contributed by atoms with van der Waals surface area (Å²) in [6, 6.07) is 7.61. The lowest BCUT2D eigenvalue weighted by atomic mass is 10.3. The van der Waals surface area contributed by atoms with Crippen molar-refractivity contribution in [2.75, 3.05) is 42.7 Å². The van der Waals surface area contributed by atoms with Gasteiger partial charge in [-0.1, -0.05) is 11.8 Å². The topological polar surface area (TPSA) is 98.5 Å². The van der Waals surface area contributed by atoms with E-state index in [1.54, 1.807) is 11.8 Å². The van der Waals surface area contributed by atoms with Gasteiger partial charge in [0.2, 0.25) is 11.9 Å². The van der Waals surface area contributed by atoms with Crippen LogP contribution in [-0.2, 0) is 0 Å². The summed E-state index contributed by atoms with van der Waals surface area (Å²) in [7, 11) is 0. The summed E-state index contributed by atoms with van der Waals surface area (Å²) in [5, 5.41) is 15.5. The molecule has 2 aromatic heterocycles. The summed E-state index contributed by atoms with van der Waals surface area (Å²) in [6.45, 7) is 8.64. The number of benzene rings is 1. The fourth-order valence-electron chi connectivity index (χ4n) is 2.49. The van der Waals surface area contributed by atoms with E-state index in [1.807, 2.05) is 49.4 Å². The Balaban J connectivity index is 1.62. The van der Waals surface area contributed by atoms with Crippen LogP contribution in [0.25, 0.3) is 5.78 Å². The third kappa shape index (κ3) is 4.94. The Morgan fingerprint density at radius 1 is 0.929 bits per heavy atom. The Kier molecular flexibility index (Phi) is 7.12. The van der Waals surface area contributed by atoms with Crippen LogP contribution in [0, 0.1) is 0 Å². The molecule has 0 fully saturated rings. The van der Waals surface area contributed by atoms with Crippen molar-refractivity contribution < 1.29 is 9.47 Å². The quantitative estimate of drug-likeness (QED) is 0.370. The molecule has 0 atom stereocenters. The maximum absolute atomic E-state index is 5.79. The van der Waals surface area contributed by atoms with Gasteiger partial charge >= 0.3 is 0 Å². The van der Waals surface area contributed by atoms with Gasteiger partial charge in [0.05, 0.1) is 13.2 Å².